The first-order valence-corrected chi connectivity index (χ1v) is 6.83. The Morgan fingerprint density at radius 3 is 2.50 bits per heavy atom. The van der Waals surface area contributed by atoms with Crippen molar-refractivity contribution >= 4 is 8.19 Å². The minimum absolute atomic E-state index is 0.897. The highest BCUT2D eigenvalue weighted by atomic mass is 31.0. The van der Waals surface area contributed by atoms with Gasteiger partial charge in [-0.1, -0.05) is 39.0 Å². The average Bonchev–Trinajstić information content (AvgIpc) is 2.58. The first-order chi connectivity index (χ1) is 6.83. The van der Waals surface area contributed by atoms with Crippen LogP contribution in [0.1, 0.15) is 56.2 Å². The summed E-state index contributed by atoms with van der Waals surface area (Å²) in [7, 11) is 0.897. The van der Waals surface area contributed by atoms with Gasteiger partial charge in [0.15, 0.2) is 0 Å². The van der Waals surface area contributed by atoms with Crippen molar-refractivity contribution in [3.63, 3.8) is 0 Å². The molecule has 14 heavy (non-hydrogen) atoms. The Balaban J connectivity index is 1.99. The Morgan fingerprint density at radius 2 is 1.86 bits per heavy atom. The zero-order valence-electron chi connectivity index (χ0n) is 9.47. The Bertz CT molecular complexity index is 242. The Kier molecular flexibility index (Phi) is 5.94. The van der Waals surface area contributed by atoms with E-state index in [4.69, 9.17) is 0 Å². The van der Waals surface area contributed by atoms with Crippen LogP contribution in [-0.2, 0) is 6.42 Å². The molecule has 1 aromatic rings. The van der Waals surface area contributed by atoms with Crippen LogP contribution in [0.25, 0.3) is 0 Å². The van der Waals surface area contributed by atoms with E-state index >= 15 is 0 Å². The lowest BCUT2D eigenvalue weighted by Gasteiger charge is -1.98. The van der Waals surface area contributed by atoms with E-state index < -0.39 is 0 Å². The van der Waals surface area contributed by atoms with Crippen molar-refractivity contribution in [2.45, 2.75) is 58.8 Å². The van der Waals surface area contributed by atoms with Gasteiger partial charge < -0.3 is 0 Å². The molecule has 0 saturated carbocycles. The Labute approximate surface area is 89.4 Å². The molecule has 80 valence electrons. The van der Waals surface area contributed by atoms with Crippen LogP contribution in [0.5, 0.6) is 0 Å². The van der Waals surface area contributed by atoms with Crippen LogP contribution in [0.3, 0.4) is 0 Å². The van der Waals surface area contributed by atoms with Crippen molar-refractivity contribution in [1.29, 1.82) is 0 Å². The maximum atomic E-state index is 4.42. The van der Waals surface area contributed by atoms with Gasteiger partial charge in [0.05, 0.1) is 5.43 Å². The maximum Gasteiger partial charge on any atom is 0.0564 e. The third-order valence-corrected chi connectivity index (χ3v) is 3.71. The fourth-order valence-electron chi connectivity index (χ4n) is 1.67. The summed E-state index contributed by atoms with van der Waals surface area (Å²) < 4.78 is 0. The highest BCUT2D eigenvalue weighted by Crippen LogP contribution is 2.20. The second-order valence-electron chi connectivity index (χ2n) is 4.03. The maximum absolute atomic E-state index is 4.42. The number of aromatic nitrogens is 1. The van der Waals surface area contributed by atoms with Gasteiger partial charge >= 0.3 is 0 Å². The molecule has 0 N–H and O–H groups in total. The second kappa shape index (κ2) is 7.06. The topological polar surface area (TPSA) is 12.9 Å². The molecule has 0 aliphatic carbocycles. The molecule has 1 aromatic heterocycles. The average molecular weight is 211 g/mol. The number of rotatable bonds is 7. The summed E-state index contributed by atoms with van der Waals surface area (Å²) in [6.45, 7) is 4.44. The van der Waals surface area contributed by atoms with E-state index in [1.54, 1.807) is 0 Å². The molecule has 0 radical (unpaired) electrons. The molecule has 1 nitrogen and oxygen atoms in total. The molecule has 1 rings (SSSR count). The molecule has 2 heteroatoms. The van der Waals surface area contributed by atoms with Gasteiger partial charge in [-0.15, -0.1) is 8.19 Å². The molecule has 0 fully saturated rings. The minimum atomic E-state index is 0.897. The summed E-state index contributed by atoms with van der Waals surface area (Å²) in [4.78, 5) is 4.42. The van der Waals surface area contributed by atoms with Gasteiger partial charge in [-0.2, -0.15) is 0 Å². The van der Waals surface area contributed by atoms with E-state index in [2.05, 4.69) is 18.8 Å². The quantitative estimate of drug-likeness (QED) is 0.612. The van der Waals surface area contributed by atoms with Crippen LogP contribution < -0.4 is 0 Å². The SMILES string of the molecule is CCCCCCCCc1ncc(C)[pH]1. The number of aryl methyl sites for hydroxylation is 2. The monoisotopic (exact) mass is 211 g/mol. The van der Waals surface area contributed by atoms with Crippen LogP contribution in [-0.4, -0.2) is 4.98 Å². The molecule has 1 atom stereocenters. The van der Waals surface area contributed by atoms with Gasteiger partial charge in [-0.25, -0.2) is 0 Å². The highest BCUT2D eigenvalue weighted by molar-refractivity contribution is 7.31. The van der Waals surface area contributed by atoms with Crippen molar-refractivity contribution in [2.24, 2.45) is 0 Å². The predicted octanol–water partition coefficient (Wildman–Crippen LogP) is 4.32. The highest BCUT2D eigenvalue weighted by Gasteiger charge is 1.96. The van der Waals surface area contributed by atoms with E-state index in [1.807, 2.05) is 6.20 Å². The zero-order valence-corrected chi connectivity index (χ0v) is 10.5. The largest absolute Gasteiger partial charge is 0.257 e. The fraction of sp³-hybridized carbons (Fsp3) is 0.750. The molecule has 1 heterocycles. The lowest BCUT2D eigenvalue weighted by molar-refractivity contribution is 0.607. The summed E-state index contributed by atoms with van der Waals surface area (Å²) in [5.74, 6) is 0. The molecule has 0 bridgehead atoms. The van der Waals surface area contributed by atoms with Crippen molar-refractivity contribution in [3.8, 4) is 0 Å². The number of hydrogen-bond acceptors (Lipinski definition) is 1. The van der Waals surface area contributed by atoms with E-state index in [1.165, 1.54) is 55.7 Å². The van der Waals surface area contributed by atoms with Gasteiger partial charge in [0.25, 0.3) is 0 Å². The smallest absolute Gasteiger partial charge is 0.0564 e. The van der Waals surface area contributed by atoms with Gasteiger partial charge in [0.2, 0.25) is 0 Å². The molecule has 0 aromatic carbocycles. The van der Waals surface area contributed by atoms with E-state index in [-0.39, 0.29) is 0 Å². The van der Waals surface area contributed by atoms with Crippen LogP contribution in [0.4, 0.5) is 0 Å². The molecule has 1 unspecified atom stereocenters. The van der Waals surface area contributed by atoms with Crippen molar-refractivity contribution in [1.82, 2.24) is 4.98 Å². The van der Waals surface area contributed by atoms with Crippen molar-refractivity contribution in [2.75, 3.05) is 0 Å². The first-order valence-electron chi connectivity index (χ1n) is 5.83. The van der Waals surface area contributed by atoms with Crippen LogP contribution in [0, 0.1) is 6.92 Å². The second-order valence-corrected chi connectivity index (χ2v) is 5.65. The Hall–Kier alpha value is -0.290. The molecule has 0 amide bonds. The minimum Gasteiger partial charge on any atom is -0.257 e. The summed E-state index contributed by atoms with van der Waals surface area (Å²) >= 11 is 0. The van der Waals surface area contributed by atoms with Gasteiger partial charge in [-0.05, 0) is 25.1 Å². The lowest BCUT2D eigenvalue weighted by atomic mass is 10.1. The third kappa shape index (κ3) is 4.81. The van der Waals surface area contributed by atoms with Crippen molar-refractivity contribution in [3.05, 3.63) is 16.9 Å². The summed E-state index contributed by atoms with van der Waals surface area (Å²) in [5.41, 5.74) is 1.43. The molecule has 0 saturated heterocycles. The number of hydrogen-bond donors (Lipinski definition) is 0. The predicted molar refractivity (Wildman–Crippen MR) is 65.6 cm³/mol. The summed E-state index contributed by atoms with van der Waals surface area (Å²) in [6.07, 6.45) is 11.6. The van der Waals surface area contributed by atoms with Crippen molar-refractivity contribution < 1.29 is 0 Å². The fourth-order valence-corrected chi connectivity index (χ4v) is 2.68. The van der Waals surface area contributed by atoms with Crippen LogP contribution >= 0.6 is 8.19 Å². The molecule has 0 spiro atoms. The van der Waals surface area contributed by atoms with Crippen LogP contribution in [0.2, 0.25) is 0 Å². The number of unbranched alkanes of at least 4 members (excludes halogenated alkanes) is 5. The lowest BCUT2D eigenvalue weighted by Crippen LogP contribution is -1.84. The van der Waals surface area contributed by atoms with Gasteiger partial charge in [0, 0.05) is 6.20 Å². The number of nitrogens with zero attached hydrogens (tertiary/aromatic N) is 1. The first kappa shape index (κ1) is 11.8. The van der Waals surface area contributed by atoms with E-state index in [9.17, 15) is 0 Å². The Morgan fingerprint density at radius 1 is 1.14 bits per heavy atom. The zero-order chi connectivity index (χ0) is 10.2. The standard InChI is InChI=1S/C12H22NP/c1-3-4-5-6-7-8-9-12-13-10-11(2)14-12/h10,14H,3-9H2,1-2H3. The summed E-state index contributed by atoms with van der Waals surface area (Å²) in [6, 6.07) is 0. The summed E-state index contributed by atoms with van der Waals surface area (Å²) in [5, 5.41) is 1.45. The van der Waals surface area contributed by atoms with E-state index in [0.717, 1.165) is 8.19 Å². The molecular formula is C12H22NP. The van der Waals surface area contributed by atoms with E-state index in [0.29, 0.717) is 0 Å². The normalized spacial score (nSPS) is 11.3. The van der Waals surface area contributed by atoms with Crippen LogP contribution in [0.15, 0.2) is 6.20 Å². The third-order valence-electron chi connectivity index (χ3n) is 2.52. The van der Waals surface area contributed by atoms with Gasteiger partial charge in [-0.3, -0.25) is 4.98 Å². The van der Waals surface area contributed by atoms with Gasteiger partial charge in [0.1, 0.15) is 0 Å². The molecular weight excluding hydrogens is 189 g/mol. The molecule has 0 aliphatic rings. The molecule has 0 aliphatic heterocycles.